The van der Waals surface area contributed by atoms with Crippen molar-refractivity contribution in [2.45, 2.75) is 18.9 Å². The molecule has 21 heavy (non-hydrogen) atoms. The van der Waals surface area contributed by atoms with Crippen LogP contribution in [0.1, 0.15) is 23.2 Å². The van der Waals surface area contributed by atoms with Gasteiger partial charge in [-0.25, -0.2) is 14.0 Å². The predicted molar refractivity (Wildman–Crippen MR) is 74.0 cm³/mol. The van der Waals surface area contributed by atoms with Crippen LogP contribution in [0.2, 0.25) is 0 Å². The molecule has 0 radical (unpaired) electrons. The number of anilines is 1. The highest BCUT2D eigenvalue weighted by Crippen LogP contribution is 2.18. The van der Waals surface area contributed by atoms with Gasteiger partial charge in [0.1, 0.15) is 5.82 Å². The van der Waals surface area contributed by atoms with Gasteiger partial charge in [-0.2, -0.15) is 0 Å². The maximum absolute atomic E-state index is 13.6. The summed E-state index contributed by atoms with van der Waals surface area (Å²) in [5, 5.41) is 11.2. The molecule has 0 saturated carbocycles. The molecule has 0 aliphatic carbocycles. The smallest absolute Gasteiger partial charge is 0.335 e. The van der Waals surface area contributed by atoms with Crippen LogP contribution >= 0.6 is 0 Å². The van der Waals surface area contributed by atoms with Crippen LogP contribution in [-0.2, 0) is 4.74 Å². The minimum absolute atomic E-state index is 0.00375. The van der Waals surface area contributed by atoms with Crippen molar-refractivity contribution in [2.24, 2.45) is 0 Å². The Morgan fingerprint density at radius 2 is 2.29 bits per heavy atom. The summed E-state index contributed by atoms with van der Waals surface area (Å²) in [6, 6.07) is 2.74. The summed E-state index contributed by atoms with van der Waals surface area (Å²) >= 11 is 0. The van der Waals surface area contributed by atoms with E-state index >= 15 is 0 Å². The Bertz CT molecular complexity index is 544. The highest BCUT2D eigenvalue weighted by molar-refractivity contribution is 5.93. The molecule has 1 atom stereocenters. The number of rotatable bonds is 4. The molecule has 6 nitrogen and oxygen atoms in total. The van der Waals surface area contributed by atoms with Gasteiger partial charge in [0.2, 0.25) is 0 Å². The molecule has 1 fully saturated rings. The SMILES string of the molecule is CN(CC1CCCO1)C(=O)Nc1cc(C(=O)O)ccc1F. The van der Waals surface area contributed by atoms with Crippen molar-refractivity contribution in [3.05, 3.63) is 29.6 Å². The van der Waals surface area contributed by atoms with Gasteiger partial charge < -0.3 is 20.1 Å². The molecule has 2 N–H and O–H groups in total. The number of carbonyl (C=O) groups is 2. The van der Waals surface area contributed by atoms with E-state index < -0.39 is 17.8 Å². The summed E-state index contributed by atoms with van der Waals surface area (Å²) in [5.41, 5.74) is -0.243. The number of carbonyl (C=O) groups excluding carboxylic acids is 1. The van der Waals surface area contributed by atoms with Crippen molar-refractivity contribution in [3.8, 4) is 0 Å². The highest BCUT2D eigenvalue weighted by Gasteiger charge is 2.21. The molecular formula is C14H17FN2O4. The number of likely N-dealkylation sites (N-methyl/N-ethyl adjacent to an activating group) is 1. The van der Waals surface area contributed by atoms with E-state index in [4.69, 9.17) is 9.84 Å². The normalized spacial score (nSPS) is 17.5. The number of ether oxygens (including phenoxy) is 1. The van der Waals surface area contributed by atoms with Crippen LogP contribution in [0.25, 0.3) is 0 Å². The quantitative estimate of drug-likeness (QED) is 0.892. The molecule has 1 aliphatic heterocycles. The molecule has 114 valence electrons. The Morgan fingerprint density at radius 3 is 2.90 bits per heavy atom. The van der Waals surface area contributed by atoms with Crippen molar-refractivity contribution >= 4 is 17.7 Å². The Kier molecular flexibility index (Phi) is 4.74. The molecule has 0 bridgehead atoms. The summed E-state index contributed by atoms with van der Waals surface area (Å²) in [7, 11) is 1.58. The molecule has 1 aromatic rings. The van der Waals surface area contributed by atoms with Crippen LogP contribution in [0.5, 0.6) is 0 Å². The second-order valence-corrected chi connectivity index (χ2v) is 4.95. The largest absolute Gasteiger partial charge is 0.478 e. The summed E-state index contributed by atoms with van der Waals surface area (Å²) in [5.74, 6) is -1.86. The fourth-order valence-electron chi connectivity index (χ4n) is 2.14. The number of aromatic carboxylic acids is 1. The summed E-state index contributed by atoms with van der Waals surface area (Å²) < 4.78 is 19.0. The standard InChI is InChI=1S/C14H17FN2O4/c1-17(8-10-3-2-6-21-10)14(20)16-12-7-9(13(18)19)4-5-11(12)15/h4-5,7,10H,2-3,6,8H2,1H3,(H,16,20)(H,18,19). The number of amides is 2. The lowest BCUT2D eigenvalue weighted by Crippen LogP contribution is -2.37. The maximum Gasteiger partial charge on any atom is 0.335 e. The molecule has 0 aromatic heterocycles. The zero-order valence-electron chi connectivity index (χ0n) is 11.6. The number of hydrogen-bond donors (Lipinski definition) is 2. The van der Waals surface area contributed by atoms with Crippen molar-refractivity contribution in [2.75, 3.05) is 25.5 Å². The van der Waals surface area contributed by atoms with Gasteiger partial charge in [-0.15, -0.1) is 0 Å². The first-order valence-electron chi connectivity index (χ1n) is 6.64. The number of halogens is 1. The number of nitrogens with one attached hydrogen (secondary N) is 1. The first-order valence-corrected chi connectivity index (χ1v) is 6.64. The van der Waals surface area contributed by atoms with E-state index in [2.05, 4.69) is 5.32 Å². The lowest BCUT2D eigenvalue weighted by molar-refractivity contribution is 0.0697. The Morgan fingerprint density at radius 1 is 1.52 bits per heavy atom. The van der Waals surface area contributed by atoms with E-state index in [9.17, 15) is 14.0 Å². The Hall–Kier alpha value is -2.15. The molecule has 7 heteroatoms. The minimum atomic E-state index is -1.18. The average Bonchev–Trinajstić information content (AvgIpc) is 2.93. The maximum atomic E-state index is 13.6. The van der Waals surface area contributed by atoms with Gasteiger partial charge in [-0.05, 0) is 31.0 Å². The number of urea groups is 1. The van der Waals surface area contributed by atoms with E-state index in [0.717, 1.165) is 31.0 Å². The number of nitrogens with zero attached hydrogens (tertiary/aromatic N) is 1. The number of hydrogen-bond acceptors (Lipinski definition) is 3. The van der Waals surface area contributed by atoms with Crippen LogP contribution in [0.15, 0.2) is 18.2 Å². The zero-order valence-corrected chi connectivity index (χ0v) is 11.6. The third-order valence-corrected chi connectivity index (χ3v) is 3.30. The molecule has 1 saturated heterocycles. The number of benzene rings is 1. The van der Waals surface area contributed by atoms with Crippen LogP contribution < -0.4 is 5.32 Å². The molecule has 0 spiro atoms. The fraction of sp³-hybridized carbons (Fsp3) is 0.429. The monoisotopic (exact) mass is 296 g/mol. The highest BCUT2D eigenvalue weighted by atomic mass is 19.1. The molecule has 2 amide bonds. The van der Waals surface area contributed by atoms with E-state index in [0.29, 0.717) is 13.2 Å². The van der Waals surface area contributed by atoms with E-state index in [1.165, 1.54) is 4.90 Å². The lowest BCUT2D eigenvalue weighted by Gasteiger charge is -2.21. The zero-order chi connectivity index (χ0) is 15.4. The van der Waals surface area contributed by atoms with Crippen LogP contribution in [-0.4, -0.2) is 48.3 Å². The lowest BCUT2D eigenvalue weighted by atomic mass is 10.2. The first-order chi connectivity index (χ1) is 9.97. The number of carboxylic acids is 1. The molecule has 2 rings (SSSR count). The van der Waals surface area contributed by atoms with E-state index in [-0.39, 0.29) is 17.4 Å². The van der Waals surface area contributed by atoms with E-state index in [1.807, 2.05) is 0 Å². The number of carboxylic acid groups (broad SMARTS) is 1. The molecule has 1 unspecified atom stereocenters. The van der Waals surface area contributed by atoms with Gasteiger partial charge in [0.15, 0.2) is 0 Å². The Labute approximate surface area is 121 Å². The van der Waals surface area contributed by atoms with Crippen LogP contribution in [0.4, 0.5) is 14.9 Å². The Balaban J connectivity index is 2.01. The topological polar surface area (TPSA) is 78.9 Å². The van der Waals surface area contributed by atoms with Crippen LogP contribution in [0.3, 0.4) is 0 Å². The second-order valence-electron chi connectivity index (χ2n) is 4.95. The molecule has 1 aromatic carbocycles. The van der Waals surface area contributed by atoms with E-state index in [1.54, 1.807) is 7.05 Å². The van der Waals surface area contributed by atoms with Gasteiger partial charge in [0, 0.05) is 20.2 Å². The minimum Gasteiger partial charge on any atom is -0.478 e. The average molecular weight is 296 g/mol. The van der Waals surface area contributed by atoms with Gasteiger partial charge in [0.25, 0.3) is 0 Å². The second kappa shape index (κ2) is 6.53. The molecule has 1 heterocycles. The molecular weight excluding hydrogens is 279 g/mol. The van der Waals surface area contributed by atoms with Gasteiger partial charge >= 0.3 is 12.0 Å². The van der Waals surface area contributed by atoms with Crippen molar-refractivity contribution in [1.82, 2.24) is 4.90 Å². The summed E-state index contributed by atoms with van der Waals surface area (Å²) in [6.45, 7) is 1.10. The predicted octanol–water partition coefficient (Wildman–Crippen LogP) is 2.17. The molecule has 1 aliphatic rings. The van der Waals surface area contributed by atoms with Crippen molar-refractivity contribution in [1.29, 1.82) is 0 Å². The fourth-order valence-corrected chi connectivity index (χ4v) is 2.14. The third-order valence-electron chi connectivity index (χ3n) is 3.30. The van der Waals surface area contributed by atoms with Gasteiger partial charge in [-0.3, -0.25) is 0 Å². The summed E-state index contributed by atoms with van der Waals surface area (Å²) in [4.78, 5) is 24.2. The van der Waals surface area contributed by atoms with Crippen LogP contribution in [0, 0.1) is 5.82 Å². The van der Waals surface area contributed by atoms with Gasteiger partial charge in [0.05, 0.1) is 17.4 Å². The first kappa shape index (κ1) is 15.2. The van der Waals surface area contributed by atoms with Crippen molar-refractivity contribution in [3.63, 3.8) is 0 Å². The van der Waals surface area contributed by atoms with Crippen molar-refractivity contribution < 1.29 is 23.8 Å². The van der Waals surface area contributed by atoms with Gasteiger partial charge in [-0.1, -0.05) is 0 Å². The summed E-state index contributed by atoms with van der Waals surface area (Å²) in [6.07, 6.45) is 1.85. The third kappa shape index (κ3) is 3.91.